The van der Waals surface area contributed by atoms with E-state index >= 15 is 0 Å². The zero-order valence-corrected chi connectivity index (χ0v) is 18.1. The number of nitrogens with one attached hydrogen (secondary N) is 2. The van der Waals surface area contributed by atoms with Gasteiger partial charge in [0.1, 0.15) is 0 Å². The van der Waals surface area contributed by atoms with Crippen LogP contribution in [0.15, 0.2) is 4.99 Å². The number of aliphatic imine (C=N–C) groups is 1. The summed E-state index contributed by atoms with van der Waals surface area (Å²) in [7, 11) is 0. The van der Waals surface area contributed by atoms with Gasteiger partial charge < -0.3 is 21.3 Å². The Morgan fingerprint density at radius 3 is 2.38 bits per heavy atom. The van der Waals surface area contributed by atoms with Crippen LogP contribution in [0.4, 0.5) is 0 Å². The highest BCUT2D eigenvalue weighted by Crippen LogP contribution is 2.16. The number of hydrogen-bond acceptors (Lipinski definition) is 3. The zero-order valence-electron chi connectivity index (χ0n) is 15.7. The van der Waals surface area contributed by atoms with Crippen LogP contribution in [0.25, 0.3) is 0 Å². The topological polar surface area (TPSA) is 82.8 Å². The van der Waals surface area contributed by atoms with Crippen LogP contribution in [0.5, 0.6) is 0 Å². The number of nitrogens with zero attached hydrogens (tertiary/aromatic N) is 2. The lowest BCUT2D eigenvalue weighted by molar-refractivity contribution is -0.123. The molecule has 0 saturated carbocycles. The van der Waals surface area contributed by atoms with Crippen molar-refractivity contribution in [2.45, 2.75) is 58.9 Å². The van der Waals surface area contributed by atoms with Gasteiger partial charge in [0.15, 0.2) is 5.96 Å². The maximum atomic E-state index is 11.2. The van der Waals surface area contributed by atoms with E-state index in [9.17, 15) is 4.79 Å². The molecule has 6 nitrogen and oxygen atoms in total. The van der Waals surface area contributed by atoms with Crippen molar-refractivity contribution in [1.82, 2.24) is 15.5 Å². The molecule has 1 amide bonds. The highest BCUT2D eigenvalue weighted by Gasteiger charge is 2.22. The Kier molecular flexibility index (Phi) is 11.6. The number of amides is 1. The normalized spacial score (nSPS) is 17.2. The predicted octanol–water partition coefficient (Wildman–Crippen LogP) is 1.94. The van der Waals surface area contributed by atoms with Crippen molar-refractivity contribution >= 4 is 35.8 Å². The van der Waals surface area contributed by atoms with Gasteiger partial charge in [-0.05, 0) is 73.0 Å². The fraction of sp³-hybridized carbons (Fsp3) is 0.882. The molecule has 0 spiro atoms. The van der Waals surface area contributed by atoms with Crippen molar-refractivity contribution in [1.29, 1.82) is 0 Å². The molecule has 1 heterocycles. The molecule has 0 bridgehead atoms. The lowest BCUT2D eigenvalue weighted by Crippen LogP contribution is -2.47. The number of hydrogen-bond donors (Lipinski definition) is 3. The summed E-state index contributed by atoms with van der Waals surface area (Å²) in [5.74, 6) is 0.838. The molecule has 142 valence electrons. The number of carbonyl (C=O) groups is 1. The molecule has 0 atom stereocenters. The molecule has 0 unspecified atom stereocenters. The standard InChI is InChI=1S/C17H35N5O.HI/c1-5-19-16(21-17(2,3)4)20-10-6-7-11-22-12-8-14(9-13-22)15(18)23;/h14H,5-13H2,1-4H3,(H2,18,23)(H2,19,20,21);1H. The van der Waals surface area contributed by atoms with Crippen molar-refractivity contribution in [3.63, 3.8) is 0 Å². The molecule has 0 aromatic rings. The minimum atomic E-state index is -0.138. The second-order valence-corrected chi connectivity index (χ2v) is 7.36. The van der Waals surface area contributed by atoms with Crippen LogP contribution in [0.1, 0.15) is 53.4 Å². The third-order valence-electron chi connectivity index (χ3n) is 3.98. The smallest absolute Gasteiger partial charge is 0.220 e. The van der Waals surface area contributed by atoms with Crippen LogP contribution in [0.3, 0.4) is 0 Å². The van der Waals surface area contributed by atoms with E-state index in [0.29, 0.717) is 0 Å². The molecule has 0 aliphatic carbocycles. The molecule has 1 aliphatic rings. The maximum absolute atomic E-state index is 11.2. The van der Waals surface area contributed by atoms with E-state index in [1.807, 2.05) is 0 Å². The lowest BCUT2D eigenvalue weighted by Gasteiger charge is -2.30. The van der Waals surface area contributed by atoms with Crippen molar-refractivity contribution in [2.75, 3.05) is 32.7 Å². The number of halogens is 1. The zero-order chi connectivity index (χ0) is 17.3. The number of primary amides is 1. The summed E-state index contributed by atoms with van der Waals surface area (Å²) in [4.78, 5) is 18.2. The summed E-state index contributed by atoms with van der Waals surface area (Å²) in [6.45, 7) is 13.3. The van der Waals surface area contributed by atoms with E-state index < -0.39 is 0 Å². The Morgan fingerprint density at radius 2 is 1.88 bits per heavy atom. The van der Waals surface area contributed by atoms with Crippen LogP contribution >= 0.6 is 24.0 Å². The van der Waals surface area contributed by atoms with Crippen molar-refractivity contribution in [3.05, 3.63) is 0 Å². The van der Waals surface area contributed by atoms with Crippen LogP contribution in [-0.4, -0.2) is 55.0 Å². The molecule has 4 N–H and O–H groups in total. The number of unbranched alkanes of at least 4 members (excludes halogenated alkanes) is 1. The first-order chi connectivity index (χ1) is 10.8. The Bertz CT molecular complexity index is 387. The summed E-state index contributed by atoms with van der Waals surface area (Å²) in [6, 6.07) is 0. The van der Waals surface area contributed by atoms with Gasteiger partial charge in [0.05, 0.1) is 0 Å². The average molecular weight is 453 g/mol. The first-order valence-electron chi connectivity index (χ1n) is 8.90. The van der Waals surface area contributed by atoms with E-state index in [0.717, 1.165) is 64.4 Å². The van der Waals surface area contributed by atoms with Gasteiger partial charge in [-0.2, -0.15) is 0 Å². The fourth-order valence-corrected chi connectivity index (χ4v) is 2.74. The SMILES string of the molecule is CCNC(=NCCCCN1CCC(C(N)=O)CC1)NC(C)(C)C.I. The first-order valence-corrected chi connectivity index (χ1v) is 8.90. The summed E-state index contributed by atoms with van der Waals surface area (Å²) in [5, 5.41) is 6.68. The number of rotatable bonds is 7. The molecule has 0 aromatic heterocycles. The quantitative estimate of drug-likeness (QED) is 0.238. The molecule has 1 fully saturated rings. The lowest BCUT2D eigenvalue weighted by atomic mass is 9.96. The van der Waals surface area contributed by atoms with Crippen molar-refractivity contribution < 1.29 is 4.79 Å². The summed E-state index contributed by atoms with van der Waals surface area (Å²) >= 11 is 0. The van der Waals surface area contributed by atoms with Crippen LogP contribution in [0.2, 0.25) is 0 Å². The number of nitrogens with two attached hydrogens (primary N) is 1. The van der Waals surface area contributed by atoms with Gasteiger partial charge in [0.25, 0.3) is 0 Å². The van der Waals surface area contributed by atoms with Gasteiger partial charge in [-0.15, -0.1) is 24.0 Å². The molecule has 24 heavy (non-hydrogen) atoms. The van der Waals surface area contributed by atoms with Crippen molar-refractivity contribution in [3.8, 4) is 0 Å². The highest BCUT2D eigenvalue weighted by atomic mass is 127. The van der Waals surface area contributed by atoms with Crippen molar-refractivity contribution in [2.24, 2.45) is 16.6 Å². The monoisotopic (exact) mass is 453 g/mol. The minimum Gasteiger partial charge on any atom is -0.369 e. The molecule has 1 saturated heterocycles. The first kappa shape index (κ1) is 23.4. The van der Waals surface area contributed by atoms with Gasteiger partial charge in [-0.3, -0.25) is 9.79 Å². The van der Waals surface area contributed by atoms with Crippen LogP contribution in [-0.2, 0) is 4.79 Å². The average Bonchev–Trinajstić information content (AvgIpc) is 2.46. The van der Waals surface area contributed by atoms with E-state index in [1.165, 1.54) is 0 Å². The number of piperidine rings is 1. The number of carbonyl (C=O) groups excluding carboxylic acids is 1. The van der Waals surface area contributed by atoms with E-state index in [-0.39, 0.29) is 41.3 Å². The molecule has 1 aliphatic heterocycles. The predicted molar refractivity (Wildman–Crippen MR) is 112 cm³/mol. The third kappa shape index (κ3) is 10.3. The Balaban J connectivity index is 0.00000529. The summed E-state index contributed by atoms with van der Waals surface area (Å²) < 4.78 is 0. The van der Waals surface area contributed by atoms with Gasteiger partial charge >= 0.3 is 0 Å². The molecule has 0 radical (unpaired) electrons. The highest BCUT2D eigenvalue weighted by molar-refractivity contribution is 14.0. The summed E-state index contributed by atoms with van der Waals surface area (Å²) in [6.07, 6.45) is 4.04. The van der Waals surface area contributed by atoms with Gasteiger partial charge in [0.2, 0.25) is 5.91 Å². The van der Waals surface area contributed by atoms with Gasteiger partial charge in [-0.1, -0.05) is 0 Å². The Labute approximate surface area is 164 Å². The largest absolute Gasteiger partial charge is 0.369 e. The van der Waals surface area contributed by atoms with Gasteiger partial charge in [-0.25, -0.2) is 0 Å². The van der Waals surface area contributed by atoms with E-state index in [4.69, 9.17) is 5.73 Å². The maximum Gasteiger partial charge on any atom is 0.220 e. The fourth-order valence-electron chi connectivity index (χ4n) is 2.74. The third-order valence-corrected chi connectivity index (χ3v) is 3.98. The Hall–Kier alpha value is -0.570. The van der Waals surface area contributed by atoms with Crippen LogP contribution in [0, 0.1) is 5.92 Å². The summed E-state index contributed by atoms with van der Waals surface area (Å²) in [5.41, 5.74) is 5.38. The molecule has 0 aromatic carbocycles. The van der Waals surface area contributed by atoms with Gasteiger partial charge in [0, 0.05) is 24.5 Å². The second kappa shape index (κ2) is 11.9. The van der Waals surface area contributed by atoms with Crippen LogP contribution < -0.4 is 16.4 Å². The number of likely N-dealkylation sites (tertiary alicyclic amines) is 1. The minimum absolute atomic E-state index is 0. The molecular weight excluding hydrogens is 417 g/mol. The number of guanidine groups is 1. The Morgan fingerprint density at radius 1 is 1.25 bits per heavy atom. The molecule has 7 heteroatoms. The molecule has 1 rings (SSSR count). The van der Waals surface area contributed by atoms with E-state index in [2.05, 4.69) is 48.2 Å². The molecular formula is C17H36IN5O. The second-order valence-electron chi connectivity index (χ2n) is 7.36. The van der Waals surface area contributed by atoms with E-state index in [1.54, 1.807) is 0 Å².